The Labute approximate surface area is 132 Å². The number of fused-ring (bicyclic) bond motifs is 1. The molecule has 0 saturated heterocycles. The van der Waals surface area contributed by atoms with Crippen molar-refractivity contribution in [3.8, 4) is 11.1 Å². The van der Waals surface area contributed by atoms with Crippen molar-refractivity contribution in [3.63, 3.8) is 0 Å². The van der Waals surface area contributed by atoms with E-state index in [4.69, 9.17) is 5.11 Å². The predicted octanol–water partition coefficient (Wildman–Crippen LogP) is 2.32. The fourth-order valence-corrected chi connectivity index (χ4v) is 2.85. The van der Waals surface area contributed by atoms with Gasteiger partial charge in [-0.3, -0.25) is 14.7 Å². The van der Waals surface area contributed by atoms with Crippen molar-refractivity contribution in [1.29, 1.82) is 0 Å². The summed E-state index contributed by atoms with van der Waals surface area (Å²) >= 11 is 0. The minimum atomic E-state index is -0.852. The Bertz CT molecular complexity index is 939. The molecule has 0 atom stereocenters. The zero-order chi connectivity index (χ0) is 16.6. The van der Waals surface area contributed by atoms with E-state index in [9.17, 15) is 9.59 Å². The van der Waals surface area contributed by atoms with E-state index in [1.807, 2.05) is 44.2 Å². The quantitative estimate of drug-likeness (QED) is 0.774. The van der Waals surface area contributed by atoms with Crippen LogP contribution in [0.25, 0.3) is 16.8 Å². The number of carboxylic acids is 1. The summed E-state index contributed by atoms with van der Waals surface area (Å²) in [6, 6.07) is 9.38. The van der Waals surface area contributed by atoms with Crippen LogP contribution in [0.15, 0.2) is 35.1 Å². The lowest BCUT2D eigenvalue weighted by molar-refractivity contribution is -0.136. The molecule has 0 spiro atoms. The number of aryl methyl sites for hydroxylation is 2. The maximum Gasteiger partial charge on any atom is 0.303 e. The number of aromatic nitrogens is 3. The van der Waals surface area contributed by atoms with Crippen LogP contribution in [-0.2, 0) is 11.2 Å². The van der Waals surface area contributed by atoms with Gasteiger partial charge in [0, 0.05) is 17.8 Å². The van der Waals surface area contributed by atoms with E-state index >= 15 is 0 Å². The highest BCUT2D eigenvalue weighted by atomic mass is 16.4. The molecule has 0 radical (unpaired) electrons. The summed E-state index contributed by atoms with van der Waals surface area (Å²) in [5.41, 5.74) is 4.11. The van der Waals surface area contributed by atoms with Gasteiger partial charge in [0.25, 0.3) is 5.56 Å². The Balaban J connectivity index is 2.22. The van der Waals surface area contributed by atoms with Crippen LogP contribution < -0.4 is 5.56 Å². The topological polar surface area (TPSA) is 87.5 Å². The number of aliphatic carboxylic acids is 1. The van der Waals surface area contributed by atoms with Crippen LogP contribution in [0.4, 0.5) is 0 Å². The molecule has 0 aliphatic carbocycles. The van der Waals surface area contributed by atoms with Crippen LogP contribution in [0.2, 0.25) is 0 Å². The summed E-state index contributed by atoms with van der Waals surface area (Å²) in [7, 11) is 0. The van der Waals surface area contributed by atoms with E-state index in [2.05, 4.69) is 10.1 Å². The van der Waals surface area contributed by atoms with Crippen molar-refractivity contribution in [2.45, 2.75) is 26.7 Å². The van der Waals surface area contributed by atoms with Gasteiger partial charge < -0.3 is 5.11 Å². The predicted molar refractivity (Wildman–Crippen MR) is 86.7 cm³/mol. The molecule has 1 aromatic carbocycles. The largest absolute Gasteiger partial charge is 0.481 e. The summed E-state index contributed by atoms with van der Waals surface area (Å²) < 4.78 is 1.65. The van der Waals surface area contributed by atoms with Crippen molar-refractivity contribution >= 4 is 11.6 Å². The van der Waals surface area contributed by atoms with Crippen LogP contribution in [0.3, 0.4) is 0 Å². The van der Waals surface area contributed by atoms with Gasteiger partial charge in [-0.05, 0) is 31.4 Å². The summed E-state index contributed by atoms with van der Waals surface area (Å²) in [6.45, 7) is 3.71. The molecule has 0 bridgehead atoms. The minimum absolute atomic E-state index is 0.0336. The molecule has 3 aromatic rings. The van der Waals surface area contributed by atoms with E-state index in [1.54, 1.807) is 4.52 Å². The fraction of sp³-hybridized carbons (Fsp3) is 0.235. The molecule has 6 nitrogen and oxygen atoms in total. The molecular weight excluding hydrogens is 294 g/mol. The first kappa shape index (κ1) is 15.0. The Morgan fingerprint density at radius 2 is 1.96 bits per heavy atom. The van der Waals surface area contributed by atoms with E-state index < -0.39 is 5.97 Å². The fourth-order valence-electron chi connectivity index (χ4n) is 2.85. The minimum Gasteiger partial charge on any atom is -0.481 e. The average molecular weight is 311 g/mol. The molecule has 0 aliphatic heterocycles. The van der Waals surface area contributed by atoms with Crippen molar-refractivity contribution in [3.05, 3.63) is 57.6 Å². The normalized spacial score (nSPS) is 11.0. The lowest BCUT2D eigenvalue weighted by Gasteiger charge is -2.11. The lowest BCUT2D eigenvalue weighted by Crippen LogP contribution is -2.08. The first-order valence-corrected chi connectivity index (χ1v) is 7.37. The SMILES string of the molecule is Cc1nc2c(-c3ccccc3)c(=O)[nH]n2c(C)c1CCC(=O)O. The number of nitrogens with zero attached hydrogens (tertiary/aromatic N) is 2. The van der Waals surface area contributed by atoms with E-state index in [0.29, 0.717) is 17.6 Å². The second-order valence-electron chi connectivity index (χ2n) is 5.50. The molecule has 0 amide bonds. The second kappa shape index (κ2) is 5.72. The molecule has 2 heterocycles. The summed E-state index contributed by atoms with van der Waals surface area (Å²) in [5.74, 6) is -0.852. The molecule has 118 valence electrons. The smallest absolute Gasteiger partial charge is 0.303 e. The molecule has 2 aromatic heterocycles. The maximum absolute atomic E-state index is 12.4. The molecule has 23 heavy (non-hydrogen) atoms. The summed E-state index contributed by atoms with van der Waals surface area (Å²) in [4.78, 5) is 27.7. The third-order valence-corrected chi connectivity index (χ3v) is 4.01. The maximum atomic E-state index is 12.4. The first-order valence-electron chi connectivity index (χ1n) is 7.37. The van der Waals surface area contributed by atoms with Gasteiger partial charge >= 0.3 is 5.97 Å². The summed E-state index contributed by atoms with van der Waals surface area (Å²) in [6.07, 6.45) is 0.419. The number of carboxylic acid groups (broad SMARTS) is 1. The Hall–Kier alpha value is -2.89. The van der Waals surface area contributed by atoms with Crippen molar-refractivity contribution in [2.75, 3.05) is 0 Å². The van der Waals surface area contributed by atoms with Crippen molar-refractivity contribution in [2.24, 2.45) is 0 Å². The van der Waals surface area contributed by atoms with E-state index in [-0.39, 0.29) is 12.0 Å². The lowest BCUT2D eigenvalue weighted by atomic mass is 10.1. The van der Waals surface area contributed by atoms with Gasteiger partial charge in [-0.2, -0.15) is 0 Å². The number of H-pyrrole nitrogens is 1. The zero-order valence-electron chi connectivity index (χ0n) is 13.0. The third kappa shape index (κ3) is 2.63. The number of carbonyl (C=O) groups is 1. The van der Waals surface area contributed by atoms with Gasteiger partial charge in [0.05, 0.1) is 5.56 Å². The van der Waals surface area contributed by atoms with Gasteiger partial charge in [0.2, 0.25) is 0 Å². The highest BCUT2D eigenvalue weighted by Gasteiger charge is 2.17. The molecule has 0 aliphatic rings. The Morgan fingerprint density at radius 1 is 1.26 bits per heavy atom. The zero-order valence-corrected chi connectivity index (χ0v) is 13.0. The number of benzene rings is 1. The van der Waals surface area contributed by atoms with Crippen LogP contribution >= 0.6 is 0 Å². The van der Waals surface area contributed by atoms with E-state index in [0.717, 1.165) is 22.5 Å². The number of hydrogen-bond donors (Lipinski definition) is 2. The molecule has 0 saturated carbocycles. The van der Waals surface area contributed by atoms with Gasteiger partial charge in [0.1, 0.15) is 0 Å². The van der Waals surface area contributed by atoms with Gasteiger partial charge in [-0.1, -0.05) is 30.3 Å². The van der Waals surface area contributed by atoms with Gasteiger partial charge in [-0.15, -0.1) is 0 Å². The monoisotopic (exact) mass is 311 g/mol. The van der Waals surface area contributed by atoms with Crippen LogP contribution in [0.5, 0.6) is 0 Å². The Morgan fingerprint density at radius 3 is 2.61 bits per heavy atom. The first-order chi connectivity index (χ1) is 11.0. The van der Waals surface area contributed by atoms with E-state index in [1.165, 1.54) is 0 Å². The molecular formula is C17H17N3O3. The molecule has 0 fully saturated rings. The molecule has 0 unspecified atom stereocenters. The van der Waals surface area contributed by atoms with Crippen LogP contribution in [0, 0.1) is 13.8 Å². The van der Waals surface area contributed by atoms with Crippen LogP contribution in [-0.4, -0.2) is 25.7 Å². The van der Waals surface area contributed by atoms with Crippen LogP contribution in [0.1, 0.15) is 23.4 Å². The van der Waals surface area contributed by atoms with Crippen molar-refractivity contribution < 1.29 is 9.90 Å². The number of rotatable bonds is 4. The average Bonchev–Trinajstić information content (AvgIpc) is 2.84. The summed E-state index contributed by atoms with van der Waals surface area (Å²) in [5, 5.41) is 11.7. The van der Waals surface area contributed by atoms with Gasteiger partial charge in [0.15, 0.2) is 5.65 Å². The van der Waals surface area contributed by atoms with Crippen molar-refractivity contribution in [1.82, 2.24) is 14.6 Å². The number of hydrogen-bond acceptors (Lipinski definition) is 3. The molecule has 3 rings (SSSR count). The number of aromatic amines is 1. The molecule has 6 heteroatoms. The molecule has 2 N–H and O–H groups in total. The van der Waals surface area contributed by atoms with Gasteiger partial charge in [-0.25, -0.2) is 9.50 Å². The second-order valence-corrected chi connectivity index (χ2v) is 5.50. The standard InChI is InChI=1S/C17H17N3O3/c1-10-13(8-9-14(21)22)11(2)20-16(18-10)15(17(23)19-20)12-6-4-3-5-7-12/h3-7H,8-9H2,1-2H3,(H,19,23)(H,21,22). The third-order valence-electron chi connectivity index (χ3n) is 4.01. The number of nitrogens with one attached hydrogen (secondary N) is 1. The highest BCUT2D eigenvalue weighted by molar-refractivity contribution is 5.77. The Kier molecular flexibility index (Phi) is 3.73. The highest BCUT2D eigenvalue weighted by Crippen LogP contribution is 2.23.